The van der Waals surface area contributed by atoms with Crippen LogP contribution in [-0.2, 0) is 9.53 Å². The molecule has 0 spiro atoms. The minimum atomic E-state index is -0.536. The molecule has 0 aromatic carbocycles. The Morgan fingerprint density at radius 2 is 2.17 bits per heavy atom. The molecule has 0 amide bonds. The van der Waals surface area contributed by atoms with Crippen molar-refractivity contribution in [3.63, 3.8) is 0 Å². The number of aliphatic hydroxyl groups is 1. The molecule has 1 unspecified atom stereocenters. The summed E-state index contributed by atoms with van der Waals surface area (Å²) in [5, 5.41) is 10.3. The van der Waals surface area contributed by atoms with Gasteiger partial charge in [0, 0.05) is 5.92 Å². The number of fused-ring (bicyclic) bond motifs is 1. The molecule has 0 radical (unpaired) electrons. The highest BCUT2D eigenvalue weighted by Gasteiger charge is 2.44. The molecule has 0 saturated carbocycles. The molecule has 2 rings (SSSR count). The Labute approximate surface area is 109 Å². The van der Waals surface area contributed by atoms with E-state index in [9.17, 15) is 9.90 Å². The van der Waals surface area contributed by atoms with Crippen LogP contribution in [0.15, 0.2) is 23.8 Å². The number of aliphatic hydroxyl groups excluding tert-OH is 1. The van der Waals surface area contributed by atoms with Gasteiger partial charge in [-0.05, 0) is 38.7 Å². The van der Waals surface area contributed by atoms with E-state index in [-0.39, 0.29) is 23.9 Å². The maximum atomic E-state index is 11.7. The molecule has 1 fully saturated rings. The van der Waals surface area contributed by atoms with Crippen LogP contribution in [0.2, 0.25) is 0 Å². The Balaban J connectivity index is 2.27. The number of allylic oxidation sites excluding steroid dienone is 1. The van der Waals surface area contributed by atoms with Gasteiger partial charge in [-0.2, -0.15) is 0 Å². The lowest BCUT2D eigenvalue weighted by Crippen LogP contribution is -2.32. The molecule has 1 saturated heterocycles. The number of rotatable bonds is 0. The van der Waals surface area contributed by atoms with Gasteiger partial charge in [0.1, 0.15) is 6.10 Å². The van der Waals surface area contributed by atoms with Crippen LogP contribution in [0.5, 0.6) is 0 Å². The topological polar surface area (TPSA) is 46.5 Å². The lowest BCUT2D eigenvalue weighted by atomic mass is 9.82. The van der Waals surface area contributed by atoms with Crippen molar-refractivity contribution in [1.82, 2.24) is 0 Å². The number of ether oxygens (including phenoxy) is 1. The Hall–Kier alpha value is -1.09. The van der Waals surface area contributed by atoms with Gasteiger partial charge in [0.15, 0.2) is 0 Å². The highest BCUT2D eigenvalue weighted by molar-refractivity contribution is 5.75. The number of hydrogen-bond donors (Lipinski definition) is 1. The molecule has 1 N–H and O–H groups in total. The van der Waals surface area contributed by atoms with Crippen molar-refractivity contribution in [2.75, 3.05) is 0 Å². The average Bonchev–Trinajstić information content (AvgIpc) is 2.53. The van der Waals surface area contributed by atoms with E-state index in [1.165, 1.54) is 5.57 Å². The quantitative estimate of drug-likeness (QED) is 0.531. The van der Waals surface area contributed by atoms with Gasteiger partial charge in [-0.25, -0.2) is 0 Å². The van der Waals surface area contributed by atoms with E-state index in [1.54, 1.807) is 0 Å². The molecule has 1 aliphatic heterocycles. The predicted molar refractivity (Wildman–Crippen MR) is 69.9 cm³/mol. The molecule has 18 heavy (non-hydrogen) atoms. The summed E-state index contributed by atoms with van der Waals surface area (Å²) in [6, 6.07) is 0. The minimum absolute atomic E-state index is 0.137. The molecular weight excluding hydrogens is 228 g/mol. The van der Waals surface area contributed by atoms with Gasteiger partial charge in [-0.1, -0.05) is 24.6 Å². The van der Waals surface area contributed by atoms with Crippen LogP contribution in [0.25, 0.3) is 0 Å². The van der Waals surface area contributed by atoms with Crippen molar-refractivity contribution in [2.45, 2.75) is 51.7 Å². The summed E-state index contributed by atoms with van der Waals surface area (Å²) in [6.45, 7) is 7.92. The van der Waals surface area contributed by atoms with Crippen LogP contribution in [0.1, 0.15) is 39.5 Å². The van der Waals surface area contributed by atoms with E-state index in [1.807, 2.05) is 13.0 Å². The average molecular weight is 250 g/mol. The fraction of sp³-hybridized carbons (Fsp3) is 0.667. The van der Waals surface area contributed by atoms with Gasteiger partial charge < -0.3 is 9.84 Å². The van der Waals surface area contributed by atoms with Crippen LogP contribution in [-0.4, -0.2) is 23.3 Å². The first-order valence-electron chi connectivity index (χ1n) is 6.71. The van der Waals surface area contributed by atoms with Crippen LogP contribution in [0.4, 0.5) is 0 Å². The standard InChI is InChI=1S/C15H22O3/c1-9-5-4-6-10(2)8-13-14(12(16)7-9)11(3)15(17)18-13/h8,11-14,16H,1,4-7H2,2-3H3/b10-8-/t11-,12-,13-,14?/m0/s1. The Kier molecular flexibility index (Phi) is 3.91. The molecule has 4 atom stereocenters. The summed E-state index contributed by atoms with van der Waals surface area (Å²) in [7, 11) is 0. The van der Waals surface area contributed by atoms with Gasteiger partial charge in [-0.3, -0.25) is 4.79 Å². The normalized spacial score (nSPS) is 40.7. The molecule has 2 aliphatic rings. The van der Waals surface area contributed by atoms with Gasteiger partial charge in [0.25, 0.3) is 0 Å². The largest absolute Gasteiger partial charge is 0.457 e. The zero-order valence-electron chi connectivity index (χ0n) is 11.2. The summed E-state index contributed by atoms with van der Waals surface area (Å²) < 4.78 is 5.38. The zero-order chi connectivity index (χ0) is 13.3. The van der Waals surface area contributed by atoms with Crippen LogP contribution in [0, 0.1) is 11.8 Å². The lowest BCUT2D eigenvalue weighted by molar-refractivity contribution is -0.142. The molecular formula is C15H22O3. The van der Waals surface area contributed by atoms with Crippen molar-refractivity contribution in [1.29, 1.82) is 0 Å². The Morgan fingerprint density at radius 1 is 1.44 bits per heavy atom. The molecule has 1 aliphatic carbocycles. The van der Waals surface area contributed by atoms with Gasteiger partial charge in [0.05, 0.1) is 12.0 Å². The molecule has 100 valence electrons. The van der Waals surface area contributed by atoms with Crippen LogP contribution < -0.4 is 0 Å². The fourth-order valence-corrected chi connectivity index (χ4v) is 2.97. The molecule has 1 heterocycles. The zero-order valence-corrected chi connectivity index (χ0v) is 11.2. The van der Waals surface area contributed by atoms with E-state index in [0.29, 0.717) is 6.42 Å². The van der Waals surface area contributed by atoms with Gasteiger partial charge in [0.2, 0.25) is 0 Å². The van der Waals surface area contributed by atoms with E-state index in [2.05, 4.69) is 13.5 Å². The lowest BCUT2D eigenvalue weighted by Gasteiger charge is -2.25. The second-order valence-corrected chi connectivity index (χ2v) is 5.66. The summed E-state index contributed by atoms with van der Waals surface area (Å²) in [5.74, 6) is -0.568. The number of esters is 1. The maximum Gasteiger partial charge on any atom is 0.309 e. The third-order valence-electron chi connectivity index (χ3n) is 4.07. The highest BCUT2D eigenvalue weighted by Crippen LogP contribution is 2.36. The monoisotopic (exact) mass is 250 g/mol. The predicted octanol–water partition coefficient (Wildman–Crippen LogP) is 2.60. The SMILES string of the molecule is C=C1CCC/C(C)=C\[C@@H]2OC(=O)[C@@H](C)C2[C@@H](O)C1. The van der Waals surface area contributed by atoms with Crippen LogP contribution in [0.3, 0.4) is 0 Å². The fourth-order valence-electron chi connectivity index (χ4n) is 2.97. The molecule has 3 heteroatoms. The molecule has 3 nitrogen and oxygen atoms in total. The first-order valence-corrected chi connectivity index (χ1v) is 6.71. The van der Waals surface area contributed by atoms with E-state index in [0.717, 1.165) is 24.8 Å². The summed E-state index contributed by atoms with van der Waals surface area (Å²) >= 11 is 0. The number of hydrogen-bond acceptors (Lipinski definition) is 3. The van der Waals surface area contributed by atoms with Crippen molar-refractivity contribution in [2.24, 2.45) is 11.8 Å². The summed E-state index contributed by atoms with van der Waals surface area (Å²) in [4.78, 5) is 11.7. The second kappa shape index (κ2) is 5.27. The third kappa shape index (κ3) is 2.66. The van der Waals surface area contributed by atoms with Crippen molar-refractivity contribution in [3.05, 3.63) is 23.8 Å². The highest BCUT2D eigenvalue weighted by atomic mass is 16.6. The minimum Gasteiger partial charge on any atom is -0.457 e. The van der Waals surface area contributed by atoms with E-state index < -0.39 is 6.10 Å². The van der Waals surface area contributed by atoms with E-state index in [4.69, 9.17) is 4.74 Å². The summed E-state index contributed by atoms with van der Waals surface area (Å²) in [5.41, 5.74) is 2.30. The first kappa shape index (κ1) is 13.3. The number of carbonyl (C=O) groups is 1. The van der Waals surface area contributed by atoms with E-state index >= 15 is 0 Å². The number of carbonyl (C=O) groups excluding carboxylic acids is 1. The van der Waals surface area contributed by atoms with Gasteiger partial charge in [-0.15, -0.1) is 0 Å². The third-order valence-corrected chi connectivity index (χ3v) is 4.07. The maximum absolute atomic E-state index is 11.7. The van der Waals surface area contributed by atoms with Crippen molar-refractivity contribution < 1.29 is 14.6 Å². The smallest absolute Gasteiger partial charge is 0.309 e. The Bertz CT molecular complexity index is 383. The van der Waals surface area contributed by atoms with Crippen molar-refractivity contribution in [3.8, 4) is 0 Å². The molecule has 0 aromatic rings. The second-order valence-electron chi connectivity index (χ2n) is 5.66. The Morgan fingerprint density at radius 3 is 2.89 bits per heavy atom. The summed E-state index contributed by atoms with van der Waals surface area (Å²) in [6.07, 6.45) is 4.79. The molecule has 0 aromatic heterocycles. The molecule has 0 bridgehead atoms. The van der Waals surface area contributed by atoms with Crippen LogP contribution >= 0.6 is 0 Å². The first-order chi connectivity index (χ1) is 8.49. The van der Waals surface area contributed by atoms with Gasteiger partial charge >= 0.3 is 5.97 Å². The van der Waals surface area contributed by atoms with Crippen molar-refractivity contribution >= 4 is 5.97 Å².